The van der Waals surface area contributed by atoms with Crippen molar-refractivity contribution < 1.29 is 4.43 Å². The van der Waals surface area contributed by atoms with E-state index in [1.54, 1.807) is 0 Å². The Morgan fingerprint density at radius 1 is 0.931 bits per heavy atom. The van der Waals surface area contributed by atoms with Crippen molar-refractivity contribution in [3.63, 3.8) is 0 Å². The second-order valence-electron chi connectivity index (χ2n) is 7.84. The molecule has 0 radical (unpaired) electrons. The molecule has 0 bridgehead atoms. The highest BCUT2D eigenvalue weighted by Crippen LogP contribution is 2.31. The maximum atomic E-state index is 9.67. The van der Waals surface area contributed by atoms with Crippen LogP contribution >= 0.6 is 0 Å². The van der Waals surface area contributed by atoms with Crippen molar-refractivity contribution in [2.45, 2.75) is 96.7 Å². The Hall–Kier alpha value is -1.97. The maximum Gasteiger partial charge on any atom is 0.252 e. The van der Waals surface area contributed by atoms with E-state index in [2.05, 4.69) is 38.7 Å². The lowest BCUT2D eigenvalue weighted by Gasteiger charge is -2.32. The monoisotopic (exact) mass is 409 g/mol. The van der Waals surface area contributed by atoms with Gasteiger partial charge in [0.25, 0.3) is 8.32 Å². The Kier molecular flexibility index (Phi) is 13.7. The van der Waals surface area contributed by atoms with Crippen LogP contribution in [0, 0.1) is 23.2 Å². The van der Waals surface area contributed by atoms with Crippen LogP contribution in [0.4, 0.5) is 0 Å². The van der Waals surface area contributed by atoms with E-state index in [0.717, 1.165) is 24.8 Å². The summed E-state index contributed by atoms with van der Waals surface area (Å²) in [6.45, 7) is 6.74. The lowest BCUT2D eigenvalue weighted by atomic mass is 10.2. The number of nitriles is 1. The molecule has 2 nitrogen and oxygen atoms in total. The minimum Gasteiger partial charge on any atom is -0.537 e. The fraction of sp³-hybridized carbons (Fsp3) is 0.577. The molecule has 0 aromatic heterocycles. The van der Waals surface area contributed by atoms with Gasteiger partial charge in [-0.05, 0) is 49.2 Å². The Morgan fingerprint density at radius 2 is 1.52 bits per heavy atom. The number of rotatable bonds is 14. The first-order valence-electron chi connectivity index (χ1n) is 11.5. The molecule has 0 heterocycles. The maximum absolute atomic E-state index is 9.67. The zero-order valence-electron chi connectivity index (χ0n) is 18.8. The van der Waals surface area contributed by atoms with Gasteiger partial charge < -0.3 is 4.43 Å². The average Bonchev–Trinajstić information content (AvgIpc) is 2.76. The van der Waals surface area contributed by atoms with Crippen molar-refractivity contribution in [3.05, 3.63) is 47.7 Å². The van der Waals surface area contributed by atoms with Crippen LogP contribution in [0.5, 0.6) is 0 Å². The first-order chi connectivity index (χ1) is 14.2. The molecule has 0 aliphatic heterocycles. The molecule has 29 heavy (non-hydrogen) atoms. The Balaban J connectivity index is 2.67. The van der Waals surface area contributed by atoms with Gasteiger partial charge in [-0.2, -0.15) is 5.26 Å². The van der Waals surface area contributed by atoms with Gasteiger partial charge in [-0.15, -0.1) is 0 Å². The highest BCUT2D eigenvalue weighted by Gasteiger charge is 2.35. The molecular formula is C26H39NOSi. The second kappa shape index (κ2) is 15.9. The molecule has 1 rings (SSSR count). The first kappa shape index (κ1) is 25.1. The van der Waals surface area contributed by atoms with Gasteiger partial charge in [-0.25, -0.2) is 0 Å². The van der Waals surface area contributed by atoms with Gasteiger partial charge in [0, 0.05) is 12.0 Å². The summed E-state index contributed by atoms with van der Waals surface area (Å²) < 4.78 is 6.57. The summed E-state index contributed by atoms with van der Waals surface area (Å²) in [5.74, 6) is 6.99. The van der Waals surface area contributed by atoms with Crippen molar-refractivity contribution in [2.24, 2.45) is 0 Å². The van der Waals surface area contributed by atoms with Gasteiger partial charge in [0.2, 0.25) is 0 Å². The zero-order chi connectivity index (χ0) is 21.2. The number of benzene rings is 1. The van der Waals surface area contributed by atoms with Crippen molar-refractivity contribution in [3.8, 4) is 17.9 Å². The normalized spacial score (nSPS) is 11.4. The van der Waals surface area contributed by atoms with Crippen LogP contribution in [0.1, 0.15) is 84.1 Å². The van der Waals surface area contributed by atoms with Crippen LogP contribution in [0.2, 0.25) is 18.1 Å². The molecule has 158 valence electrons. The smallest absolute Gasteiger partial charge is 0.252 e. The van der Waals surface area contributed by atoms with E-state index in [1.165, 1.54) is 56.7 Å². The van der Waals surface area contributed by atoms with Crippen molar-refractivity contribution in [2.75, 3.05) is 0 Å². The predicted octanol–water partition coefficient (Wildman–Crippen LogP) is 7.98. The number of hydrogen-bond acceptors (Lipinski definition) is 2. The molecule has 1 aromatic rings. The SMILES string of the molecule is CCCC[Si](CCCC)(CCCC)O/C(C#N)=C\CCCC#Cc1ccccc1. The molecule has 1 aromatic carbocycles. The van der Waals surface area contributed by atoms with Crippen molar-refractivity contribution >= 4 is 8.32 Å². The Morgan fingerprint density at radius 3 is 2.03 bits per heavy atom. The minimum atomic E-state index is -1.88. The van der Waals surface area contributed by atoms with Gasteiger partial charge >= 0.3 is 0 Å². The minimum absolute atomic E-state index is 0.566. The van der Waals surface area contributed by atoms with Crippen LogP contribution in [-0.2, 0) is 4.43 Å². The molecule has 0 aliphatic carbocycles. The summed E-state index contributed by atoms with van der Waals surface area (Å²) >= 11 is 0. The summed E-state index contributed by atoms with van der Waals surface area (Å²) in [6.07, 6.45) is 11.9. The van der Waals surface area contributed by atoms with Crippen molar-refractivity contribution in [1.29, 1.82) is 5.26 Å². The molecule has 0 unspecified atom stereocenters. The van der Waals surface area contributed by atoms with E-state index in [0.29, 0.717) is 5.76 Å². The van der Waals surface area contributed by atoms with Crippen LogP contribution in [-0.4, -0.2) is 8.32 Å². The molecule has 0 fully saturated rings. The molecular weight excluding hydrogens is 370 g/mol. The second-order valence-corrected chi connectivity index (χ2v) is 11.9. The molecule has 3 heteroatoms. The molecule has 0 aliphatic rings. The number of unbranched alkanes of at least 4 members (excludes halogenated alkanes) is 5. The summed E-state index contributed by atoms with van der Waals surface area (Å²) in [7, 11) is -1.88. The molecule has 0 saturated heterocycles. The third kappa shape index (κ3) is 11.0. The summed E-state index contributed by atoms with van der Waals surface area (Å²) in [5.41, 5.74) is 1.06. The third-order valence-electron chi connectivity index (χ3n) is 5.24. The van der Waals surface area contributed by atoms with E-state index in [4.69, 9.17) is 4.43 Å². The van der Waals surface area contributed by atoms with Gasteiger partial charge in [-0.1, -0.05) is 89.3 Å². The summed E-state index contributed by atoms with van der Waals surface area (Å²) in [6, 6.07) is 16.0. The number of nitrogens with zero attached hydrogens (tertiary/aromatic N) is 1. The quantitative estimate of drug-likeness (QED) is 0.103. The van der Waals surface area contributed by atoms with Crippen LogP contribution < -0.4 is 0 Å². The Bertz CT molecular complexity index is 656. The van der Waals surface area contributed by atoms with Gasteiger partial charge in [0.05, 0.1) is 0 Å². The van der Waals surface area contributed by atoms with E-state index in [9.17, 15) is 5.26 Å². The third-order valence-corrected chi connectivity index (χ3v) is 9.68. The molecule has 0 amide bonds. The largest absolute Gasteiger partial charge is 0.537 e. The van der Waals surface area contributed by atoms with Gasteiger partial charge in [0.1, 0.15) is 6.07 Å². The molecule has 0 N–H and O–H groups in total. The molecule has 0 atom stereocenters. The van der Waals surface area contributed by atoms with Crippen molar-refractivity contribution in [1.82, 2.24) is 0 Å². The first-order valence-corrected chi connectivity index (χ1v) is 14.1. The van der Waals surface area contributed by atoms with Crippen LogP contribution in [0.15, 0.2) is 42.2 Å². The van der Waals surface area contributed by atoms with E-state index in [-0.39, 0.29) is 0 Å². The van der Waals surface area contributed by atoms with Crippen LogP contribution in [0.3, 0.4) is 0 Å². The topological polar surface area (TPSA) is 33.0 Å². The highest BCUT2D eigenvalue weighted by molar-refractivity contribution is 6.74. The lowest BCUT2D eigenvalue weighted by Crippen LogP contribution is -2.37. The van der Waals surface area contributed by atoms with E-state index >= 15 is 0 Å². The highest BCUT2D eigenvalue weighted by atomic mass is 28.4. The zero-order valence-corrected chi connectivity index (χ0v) is 19.8. The molecule has 0 saturated carbocycles. The molecule has 0 spiro atoms. The standard InChI is InChI=1S/C26H39NOSi/c1-4-7-21-29(22-8-5-2,23-9-6-3)28-26(24-27)20-16-11-10-13-17-25-18-14-12-15-19-25/h12,14-15,18-20H,4-11,16,21-23H2,1-3H3/b26-20-. The predicted molar refractivity (Wildman–Crippen MR) is 127 cm³/mol. The summed E-state index contributed by atoms with van der Waals surface area (Å²) in [4.78, 5) is 0. The van der Waals surface area contributed by atoms with Gasteiger partial charge in [-0.3, -0.25) is 0 Å². The fourth-order valence-corrected chi connectivity index (χ4v) is 8.12. The fourth-order valence-electron chi connectivity index (χ4n) is 3.48. The number of allylic oxidation sites excluding steroid dienone is 2. The number of hydrogen-bond donors (Lipinski definition) is 0. The van der Waals surface area contributed by atoms with E-state index in [1.807, 2.05) is 36.4 Å². The van der Waals surface area contributed by atoms with E-state index < -0.39 is 8.32 Å². The summed E-state index contributed by atoms with van der Waals surface area (Å²) in [5, 5.41) is 9.67. The van der Waals surface area contributed by atoms with Gasteiger partial charge in [0.15, 0.2) is 5.76 Å². The van der Waals surface area contributed by atoms with Crippen LogP contribution in [0.25, 0.3) is 0 Å². The Labute approximate surface area is 180 Å². The average molecular weight is 410 g/mol. The lowest BCUT2D eigenvalue weighted by molar-refractivity contribution is 0.411.